The van der Waals surface area contributed by atoms with Crippen molar-refractivity contribution in [1.82, 2.24) is 0 Å². The van der Waals surface area contributed by atoms with Gasteiger partial charge in [0.15, 0.2) is 0 Å². The zero-order valence-corrected chi connectivity index (χ0v) is 35.7. The van der Waals surface area contributed by atoms with E-state index in [4.69, 9.17) is 0 Å². The topological polar surface area (TPSA) is 0 Å². The summed E-state index contributed by atoms with van der Waals surface area (Å²) in [4.78, 5) is 2.60. The molecular formula is C59H38F2S2. The summed E-state index contributed by atoms with van der Waals surface area (Å²) in [5, 5.41) is 2.42. The summed E-state index contributed by atoms with van der Waals surface area (Å²) in [5.41, 5.74) is 15.0. The molecule has 1 unspecified atom stereocenters. The minimum atomic E-state index is -0.449. The van der Waals surface area contributed by atoms with Gasteiger partial charge >= 0.3 is 0 Å². The maximum absolute atomic E-state index is 14.1. The summed E-state index contributed by atoms with van der Waals surface area (Å²) in [7, 11) is 0. The van der Waals surface area contributed by atoms with Gasteiger partial charge in [-0.1, -0.05) is 157 Å². The molecule has 2 heterocycles. The van der Waals surface area contributed by atoms with Gasteiger partial charge in [0.05, 0.1) is 5.41 Å². The maximum Gasteiger partial charge on any atom is 0.123 e. The third kappa shape index (κ3) is 6.31. The number of thiophene rings is 1. The normalized spacial score (nSPS) is 13.6. The van der Waals surface area contributed by atoms with Crippen molar-refractivity contribution in [2.45, 2.75) is 27.5 Å². The molecule has 2 aliphatic rings. The van der Waals surface area contributed by atoms with Crippen LogP contribution in [0.15, 0.2) is 216 Å². The van der Waals surface area contributed by atoms with E-state index in [9.17, 15) is 8.78 Å². The van der Waals surface area contributed by atoms with E-state index in [1.165, 1.54) is 104 Å². The minimum Gasteiger partial charge on any atom is -0.207 e. The van der Waals surface area contributed by atoms with E-state index in [1.54, 1.807) is 24.3 Å². The number of fused-ring (bicyclic) bond motifs is 12. The predicted octanol–water partition coefficient (Wildman–Crippen LogP) is 16.1. The Morgan fingerprint density at radius 1 is 0.476 bits per heavy atom. The fraction of sp³-hybridized carbons (Fsp3) is 0.0508. The van der Waals surface area contributed by atoms with Crippen LogP contribution in [0.4, 0.5) is 8.78 Å². The standard InChI is InChI=1S/C59H38F2S2/c60-43-25-19-39(20-26-43)47(40-21-27-44(61)28-22-40)33-38-18-30-55-49(34-38)50-35-41(24-31-56(50)62-55)48(32-37-10-2-1-3-11-37)42-23-29-46-45-12-4-5-13-51(45)59(54(46)36-42)52-14-6-8-16-57(52)63-58-17-9-7-15-53(58)59/h1-31,33-36,48H,32H2. The van der Waals surface area contributed by atoms with Gasteiger partial charge in [0.1, 0.15) is 11.6 Å². The third-order valence-electron chi connectivity index (χ3n) is 13.1. The minimum absolute atomic E-state index is 0.0768. The highest BCUT2D eigenvalue weighted by atomic mass is 32.2. The Morgan fingerprint density at radius 3 is 1.70 bits per heavy atom. The molecule has 0 fully saturated rings. The highest BCUT2D eigenvalue weighted by molar-refractivity contribution is 7.99. The summed E-state index contributed by atoms with van der Waals surface area (Å²) in [6.45, 7) is 0. The molecule has 0 saturated carbocycles. The van der Waals surface area contributed by atoms with Crippen LogP contribution < -0.4 is 0 Å². The Hall–Kier alpha value is -6.85. The molecule has 4 heteroatoms. The van der Waals surface area contributed by atoms with Crippen LogP contribution in [0.25, 0.3) is 42.9 Å². The van der Waals surface area contributed by atoms with Crippen molar-refractivity contribution in [3.05, 3.63) is 274 Å². The van der Waals surface area contributed by atoms with E-state index in [-0.39, 0.29) is 17.6 Å². The molecule has 1 aliphatic heterocycles. The maximum atomic E-state index is 14.1. The zero-order valence-electron chi connectivity index (χ0n) is 34.1. The lowest BCUT2D eigenvalue weighted by Gasteiger charge is -2.40. The molecule has 12 rings (SSSR count). The molecule has 0 bridgehead atoms. The van der Waals surface area contributed by atoms with Crippen LogP contribution in [0.1, 0.15) is 61.6 Å². The Bertz CT molecular complexity index is 3320. The number of hydrogen-bond acceptors (Lipinski definition) is 2. The summed E-state index contributed by atoms with van der Waals surface area (Å²) in [5.74, 6) is -0.510. The van der Waals surface area contributed by atoms with Crippen LogP contribution in [0.5, 0.6) is 0 Å². The van der Waals surface area contributed by atoms with Crippen LogP contribution in [0.2, 0.25) is 0 Å². The van der Waals surface area contributed by atoms with Gasteiger partial charge in [-0.25, -0.2) is 8.78 Å². The largest absolute Gasteiger partial charge is 0.207 e. The fourth-order valence-corrected chi connectivity index (χ4v) is 12.5. The first-order chi connectivity index (χ1) is 31.0. The van der Waals surface area contributed by atoms with Gasteiger partial charge in [-0.3, -0.25) is 0 Å². The van der Waals surface area contributed by atoms with E-state index in [2.05, 4.69) is 164 Å². The molecule has 300 valence electrons. The molecule has 1 atom stereocenters. The highest BCUT2D eigenvalue weighted by Crippen LogP contribution is 2.62. The lowest BCUT2D eigenvalue weighted by atomic mass is 9.67. The average Bonchev–Trinajstić information content (AvgIpc) is 3.84. The van der Waals surface area contributed by atoms with Crippen LogP contribution in [0.3, 0.4) is 0 Å². The van der Waals surface area contributed by atoms with Gasteiger partial charge < -0.3 is 0 Å². The van der Waals surface area contributed by atoms with Gasteiger partial charge in [-0.05, 0) is 145 Å². The van der Waals surface area contributed by atoms with E-state index in [0.717, 1.165) is 28.7 Å². The molecule has 0 nitrogen and oxygen atoms in total. The van der Waals surface area contributed by atoms with Crippen molar-refractivity contribution in [2.24, 2.45) is 0 Å². The van der Waals surface area contributed by atoms with Crippen molar-refractivity contribution in [3.8, 4) is 11.1 Å². The number of rotatable bonds is 7. The summed E-state index contributed by atoms with van der Waals surface area (Å²) in [6.07, 6.45) is 2.98. The van der Waals surface area contributed by atoms with Crippen molar-refractivity contribution in [1.29, 1.82) is 0 Å². The van der Waals surface area contributed by atoms with Crippen molar-refractivity contribution in [2.75, 3.05) is 0 Å². The molecule has 63 heavy (non-hydrogen) atoms. The summed E-state index contributed by atoms with van der Waals surface area (Å²) >= 11 is 3.69. The van der Waals surface area contributed by atoms with Crippen LogP contribution in [0, 0.1) is 11.6 Å². The van der Waals surface area contributed by atoms with E-state index >= 15 is 0 Å². The van der Waals surface area contributed by atoms with Crippen LogP contribution in [-0.4, -0.2) is 0 Å². The molecule has 1 aliphatic carbocycles. The first kappa shape index (κ1) is 37.9. The quantitative estimate of drug-likeness (QED) is 0.144. The number of benzene rings is 9. The third-order valence-corrected chi connectivity index (χ3v) is 15.4. The molecule has 1 spiro atoms. The number of halogens is 2. The van der Waals surface area contributed by atoms with Crippen LogP contribution in [-0.2, 0) is 11.8 Å². The average molecular weight is 849 g/mol. The summed E-state index contributed by atoms with van der Waals surface area (Å²) < 4.78 is 30.6. The second-order valence-electron chi connectivity index (χ2n) is 16.6. The molecule has 1 aromatic heterocycles. The smallest absolute Gasteiger partial charge is 0.123 e. The van der Waals surface area contributed by atoms with Crippen molar-refractivity contribution in [3.63, 3.8) is 0 Å². The lowest BCUT2D eigenvalue weighted by Crippen LogP contribution is -2.32. The first-order valence-electron chi connectivity index (χ1n) is 21.4. The van der Waals surface area contributed by atoms with Crippen molar-refractivity contribution >= 4 is 54.9 Å². The second-order valence-corrected chi connectivity index (χ2v) is 18.8. The Labute approximate surface area is 373 Å². The second kappa shape index (κ2) is 15.2. The van der Waals surface area contributed by atoms with Gasteiger partial charge in [0.2, 0.25) is 0 Å². The van der Waals surface area contributed by atoms with E-state index in [0.29, 0.717) is 0 Å². The van der Waals surface area contributed by atoms with Gasteiger partial charge in [0.25, 0.3) is 0 Å². The predicted molar refractivity (Wildman–Crippen MR) is 259 cm³/mol. The van der Waals surface area contributed by atoms with Crippen LogP contribution >= 0.6 is 23.1 Å². The molecule has 0 saturated heterocycles. The van der Waals surface area contributed by atoms with Crippen molar-refractivity contribution < 1.29 is 8.78 Å². The fourth-order valence-electron chi connectivity index (χ4n) is 10.2. The molecule has 0 radical (unpaired) electrons. The molecule has 0 amide bonds. The van der Waals surface area contributed by atoms with Gasteiger partial charge in [-0.2, -0.15) is 0 Å². The Kier molecular flexibility index (Phi) is 9.14. The number of hydrogen-bond donors (Lipinski definition) is 0. The first-order valence-corrected chi connectivity index (χ1v) is 23.0. The molecular weight excluding hydrogens is 811 g/mol. The molecule has 0 N–H and O–H groups in total. The summed E-state index contributed by atoms with van der Waals surface area (Å²) in [6, 6.07) is 71.9. The lowest BCUT2D eigenvalue weighted by molar-refractivity contribution is 0.627. The molecule has 10 aromatic rings. The Balaban J connectivity index is 1.03. The SMILES string of the molecule is Fc1ccc(C(=Cc2ccc3sc4ccc(C(Cc5ccccc5)c5ccc6c(c5)C5(c7ccccc7Sc7ccccc75)c5ccccc5-6)cc4c3c2)c2ccc(F)cc2)cc1. The van der Waals surface area contributed by atoms with Gasteiger partial charge in [-0.15, -0.1) is 11.3 Å². The van der Waals surface area contributed by atoms with E-state index in [1.807, 2.05) is 23.1 Å². The zero-order chi connectivity index (χ0) is 42.1. The monoisotopic (exact) mass is 848 g/mol. The van der Waals surface area contributed by atoms with E-state index < -0.39 is 5.41 Å². The van der Waals surface area contributed by atoms with Gasteiger partial charge in [0, 0.05) is 35.9 Å². The molecule has 9 aromatic carbocycles. The highest BCUT2D eigenvalue weighted by Gasteiger charge is 2.50. The Morgan fingerprint density at radius 2 is 1.02 bits per heavy atom.